The molecular formula is C13H19NO3. The van der Waals surface area contributed by atoms with Crippen LogP contribution in [-0.2, 0) is 4.79 Å². The van der Waals surface area contributed by atoms with Crippen LogP contribution in [0.15, 0.2) is 24.3 Å². The normalized spacial score (nSPS) is 12.0. The standard InChI is InChI=1S/C13H19NO3/c1-4-11(15)10-7-5-6-8-12(10)17-9-13(16)14(2)3/h5-8,11,15H,4,9H2,1-3H3/t11-/m0/s1. The number of amides is 1. The van der Waals surface area contributed by atoms with Gasteiger partial charge in [-0.1, -0.05) is 25.1 Å². The van der Waals surface area contributed by atoms with Crippen molar-refractivity contribution in [1.82, 2.24) is 4.90 Å². The number of carbonyl (C=O) groups excluding carboxylic acids is 1. The summed E-state index contributed by atoms with van der Waals surface area (Å²) in [5, 5.41) is 9.81. The van der Waals surface area contributed by atoms with Gasteiger partial charge in [0.05, 0.1) is 6.10 Å². The van der Waals surface area contributed by atoms with Crippen LogP contribution in [0.4, 0.5) is 0 Å². The Bertz CT molecular complexity index is 377. The molecule has 0 fully saturated rings. The molecule has 0 aliphatic rings. The van der Waals surface area contributed by atoms with Crippen molar-refractivity contribution in [2.24, 2.45) is 0 Å². The van der Waals surface area contributed by atoms with Gasteiger partial charge < -0.3 is 14.7 Å². The Morgan fingerprint density at radius 2 is 2.06 bits per heavy atom. The number of carbonyl (C=O) groups is 1. The summed E-state index contributed by atoms with van der Waals surface area (Å²) in [6.07, 6.45) is 0.0581. The fourth-order valence-corrected chi connectivity index (χ4v) is 1.38. The third-order valence-corrected chi connectivity index (χ3v) is 2.51. The Morgan fingerprint density at radius 1 is 1.41 bits per heavy atom. The van der Waals surface area contributed by atoms with Crippen molar-refractivity contribution in [2.75, 3.05) is 20.7 Å². The average Bonchev–Trinajstić information content (AvgIpc) is 2.35. The number of ether oxygens (including phenoxy) is 1. The van der Waals surface area contributed by atoms with E-state index in [1.807, 2.05) is 25.1 Å². The van der Waals surface area contributed by atoms with Gasteiger partial charge in [-0.2, -0.15) is 0 Å². The van der Waals surface area contributed by atoms with Gasteiger partial charge in [-0.3, -0.25) is 4.79 Å². The highest BCUT2D eigenvalue weighted by molar-refractivity contribution is 5.77. The first-order valence-corrected chi connectivity index (χ1v) is 5.66. The summed E-state index contributed by atoms with van der Waals surface area (Å²) in [6.45, 7) is 1.88. The maximum absolute atomic E-state index is 11.4. The molecule has 94 valence electrons. The first-order chi connectivity index (χ1) is 8.06. The SMILES string of the molecule is CC[C@H](O)c1ccccc1OCC(=O)N(C)C. The number of aliphatic hydroxyl groups is 1. The van der Waals surface area contributed by atoms with Gasteiger partial charge >= 0.3 is 0 Å². The maximum Gasteiger partial charge on any atom is 0.259 e. The Hall–Kier alpha value is -1.55. The lowest BCUT2D eigenvalue weighted by atomic mass is 10.1. The van der Waals surface area contributed by atoms with Gasteiger partial charge in [-0.25, -0.2) is 0 Å². The molecule has 0 radical (unpaired) electrons. The molecule has 0 heterocycles. The molecule has 4 nitrogen and oxygen atoms in total. The molecule has 17 heavy (non-hydrogen) atoms. The van der Waals surface area contributed by atoms with Crippen LogP contribution >= 0.6 is 0 Å². The summed E-state index contributed by atoms with van der Waals surface area (Å²) >= 11 is 0. The third kappa shape index (κ3) is 3.75. The van der Waals surface area contributed by atoms with Crippen LogP contribution in [0.3, 0.4) is 0 Å². The minimum absolute atomic E-state index is 0.0134. The molecule has 1 amide bonds. The number of nitrogens with zero attached hydrogens (tertiary/aromatic N) is 1. The number of hydrogen-bond acceptors (Lipinski definition) is 3. The van der Waals surface area contributed by atoms with Gasteiger partial charge in [0.15, 0.2) is 6.61 Å². The Balaban J connectivity index is 2.74. The smallest absolute Gasteiger partial charge is 0.259 e. The molecule has 0 saturated carbocycles. The number of likely N-dealkylation sites (N-methyl/N-ethyl adjacent to an activating group) is 1. The minimum atomic E-state index is -0.555. The van der Waals surface area contributed by atoms with Gasteiger partial charge in [0, 0.05) is 19.7 Å². The van der Waals surface area contributed by atoms with Crippen LogP contribution in [0, 0.1) is 0 Å². The van der Waals surface area contributed by atoms with Gasteiger partial charge in [0.25, 0.3) is 5.91 Å². The van der Waals surface area contributed by atoms with Crippen LogP contribution in [0.1, 0.15) is 25.0 Å². The van der Waals surface area contributed by atoms with E-state index in [0.717, 1.165) is 5.56 Å². The Morgan fingerprint density at radius 3 is 2.65 bits per heavy atom. The van der Waals surface area contributed by atoms with Crippen molar-refractivity contribution in [3.05, 3.63) is 29.8 Å². The van der Waals surface area contributed by atoms with Gasteiger partial charge in [0.1, 0.15) is 5.75 Å². The van der Waals surface area contributed by atoms with Crippen molar-refractivity contribution in [1.29, 1.82) is 0 Å². The molecule has 0 bridgehead atoms. The zero-order valence-electron chi connectivity index (χ0n) is 10.5. The lowest BCUT2D eigenvalue weighted by molar-refractivity contribution is -0.130. The van der Waals surface area contributed by atoms with Crippen LogP contribution in [-0.4, -0.2) is 36.6 Å². The summed E-state index contributed by atoms with van der Waals surface area (Å²) in [5.41, 5.74) is 0.724. The first-order valence-electron chi connectivity index (χ1n) is 5.66. The molecule has 1 atom stereocenters. The van der Waals surface area contributed by atoms with E-state index >= 15 is 0 Å². The second kappa shape index (κ2) is 6.25. The summed E-state index contributed by atoms with van der Waals surface area (Å²) in [5.74, 6) is 0.461. The highest BCUT2D eigenvalue weighted by atomic mass is 16.5. The predicted molar refractivity (Wildman–Crippen MR) is 65.9 cm³/mol. The van der Waals surface area contributed by atoms with E-state index in [-0.39, 0.29) is 12.5 Å². The van der Waals surface area contributed by atoms with E-state index in [1.54, 1.807) is 20.2 Å². The molecule has 0 unspecified atom stereocenters. The van der Waals surface area contributed by atoms with Crippen LogP contribution in [0.2, 0.25) is 0 Å². The quantitative estimate of drug-likeness (QED) is 0.846. The monoisotopic (exact) mass is 237 g/mol. The van der Waals surface area contributed by atoms with Gasteiger partial charge in [-0.15, -0.1) is 0 Å². The number of rotatable bonds is 5. The summed E-state index contributed by atoms with van der Waals surface area (Å²) in [7, 11) is 3.36. The van der Waals surface area contributed by atoms with Crippen molar-refractivity contribution in [2.45, 2.75) is 19.4 Å². The number of para-hydroxylation sites is 1. The third-order valence-electron chi connectivity index (χ3n) is 2.51. The maximum atomic E-state index is 11.4. The first kappa shape index (κ1) is 13.5. The van der Waals surface area contributed by atoms with Crippen molar-refractivity contribution < 1.29 is 14.6 Å². The lowest BCUT2D eigenvalue weighted by Gasteiger charge is -2.16. The number of hydrogen-bond donors (Lipinski definition) is 1. The fraction of sp³-hybridized carbons (Fsp3) is 0.462. The molecule has 0 aromatic heterocycles. The fourth-order valence-electron chi connectivity index (χ4n) is 1.38. The lowest BCUT2D eigenvalue weighted by Crippen LogP contribution is -2.27. The topological polar surface area (TPSA) is 49.8 Å². The minimum Gasteiger partial charge on any atom is -0.483 e. The van der Waals surface area contributed by atoms with Crippen LogP contribution in [0.25, 0.3) is 0 Å². The molecular weight excluding hydrogens is 218 g/mol. The number of aliphatic hydroxyl groups excluding tert-OH is 1. The zero-order chi connectivity index (χ0) is 12.8. The van der Waals surface area contributed by atoms with E-state index in [2.05, 4.69) is 0 Å². The predicted octanol–water partition coefficient (Wildman–Crippen LogP) is 1.60. The van der Waals surface area contributed by atoms with Crippen LogP contribution < -0.4 is 4.74 Å². The largest absolute Gasteiger partial charge is 0.483 e. The van der Waals surface area contributed by atoms with Gasteiger partial charge in [0.2, 0.25) is 0 Å². The molecule has 0 spiro atoms. The molecule has 1 rings (SSSR count). The molecule has 1 aromatic rings. The van der Waals surface area contributed by atoms with Crippen molar-refractivity contribution in [3.63, 3.8) is 0 Å². The highest BCUT2D eigenvalue weighted by Crippen LogP contribution is 2.26. The molecule has 1 aromatic carbocycles. The Labute approximate surface area is 102 Å². The van der Waals surface area contributed by atoms with E-state index in [9.17, 15) is 9.90 Å². The zero-order valence-corrected chi connectivity index (χ0v) is 10.5. The van der Waals surface area contributed by atoms with E-state index in [4.69, 9.17) is 4.74 Å². The van der Waals surface area contributed by atoms with E-state index < -0.39 is 6.10 Å². The average molecular weight is 237 g/mol. The summed E-state index contributed by atoms with van der Waals surface area (Å²) in [6, 6.07) is 7.23. The second-order valence-electron chi connectivity index (χ2n) is 4.04. The molecule has 0 saturated heterocycles. The van der Waals surface area contributed by atoms with Crippen molar-refractivity contribution in [3.8, 4) is 5.75 Å². The summed E-state index contributed by atoms with van der Waals surface area (Å²) < 4.78 is 5.43. The molecule has 0 aliphatic carbocycles. The summed E-state index contributed by atoms with van der Waals surface area (Å²) in [4.78, 5) is 12.9. The van der Waals surface area contributed by atoms with Crippen LogP contribution in [0.5, 0.6) is 5.75 Å². The van der Waals surface area contributed by atoms with Gasteiger partial charge in [-0.05, 0) is 12.5 Å². The second-order valence-corrected chi connectivity index (χ2v) is 4.04. The van der Waals surface area contributed by atoms with E-state index in [0.29, 0.717) is 12.2 Å². The molecule has 0 aliphatic heterocycles. The number of benzene rings is 1. The highest BCUT2D eigenvalue weighted by Gasteiger charge is 2.12. The van der Waals surface area contributed by atoms with Crippen molar-refractivity contribution >= 4 is 5.91 Å². The van der Waals surface area contributed by atoms with E-state index in [1.165, 1.54) is 4.90 Å². The molecule has 4 heteroatoms. The molecule has 1 N–H and O–H groups in total. The Kier molecular flexibility index (Phi) is 4.97.